The average molecular weight is 316 g/mol. The quantitative estimate of drug-likeness (QED) is 0.410. The smallest absolute Gasteiger partial charge is 0.0564 e. The number of hydrogen-bond acceptors (Lipinski definition) is 0. The Hall–Kier alpha value is -0.660. The van der Waals surface area contributed by atoms with E-state index in [1.165, 1.54) is 0 Å². The van der Waals surface area contributed by atoms with Crippen LogP contribution in [0.4, 0.5) is 0 Å². The van der Waals surface area contributed by atoms with E-state index in [2.05, 4.69) is 0 Å². The van der Waals surface area contributed by atoms with Crippen LogP contribution in [0, 0.1) is 0 Å². The van der Waals surface area contributed by atoms with E-state index in [1.807, 2.05) is 24.3 Å². The summed E-state index contributed by atoms with van der Waals surface area (Å²) in [7, 11) is 0. The predicted molar refractivity (Wildman–Crippen MR) is 81.5 cm³/mol. The molecular formula is C14H6Cl4. The van der Waals surface area contributed by atoms with Gasteiger partial charge in [-0.05, 0) is 24.3 Å². The van der Waals surface area contributed by atoms with E-state index in [1.54, 1.807) is 12.1 Å². The second-order valence-electron chi connectivity index (χ2n) is 4.01. The van der Waals surface area contributed by atoms with Crippen molar-refractivity contribution in [1.29, 1.82) is 0 Å². The lowest BCUT2D eigenvalue weighted by Crippen LogP contribution is -1.82. The molecule has 0 fully saturated rings. The van der Waals surface area contributed by atoms with Gasteiger partial charge in [0.25, 0.3) is 0 Å². The van der Waals surface area contributed by atoms with Crippen LogP contribution in [-0.2, 0) is 0 Å². The van der Waals surface area contributed by atoms with Crippen LogP contribution in [0.5, 0.6) is 0 Å². The molecule has 0 N–H and O–H groups in total. The van der Waals surface area contributed by atoms with Gasteiger partial charge >= 0.3 is 0 Å². The molecule has 0 bridgehead atoms. The highest BCUT2D eigenvalue weighted by atomic mass is 35.5. The van der Waals surface area contributed by atoms with Gasteiger partial charge < -0.3 is 0 Å². The molecule has 0 radical (unpaired) electrons. The van der Waals surface area contributed by atoms with E-state index < -0.39 is 0 Å². The Bertz CT molecular complexity index is 710. The van der Waals surface area contributed by atoms with Crippen molar-refractivity contribution in [2.24, 2.45) is 0 Å². The average Bonchev–Trinajstić information content (AvgIpc) is 2.36. The number of hydrogen-bond donors (Lipinski definition) is 0. The van der Waals surface area contributed by atoms with Crippen LogP contribution in [0.25, 0.3) is 21.5 Å². The summed E-state index contributed by atoms with van der Waals surface area (Å²) in [5.41, 5.74) is 0. The SMILES string of the molecule is Clc1ccc2c(Cl)c3cc(Cl)ccc3c(Cl)c2c1. The molecule has 4 heteroatoms. The molecule has 0 amide bonds. The van der Waals surface area contributed by atoms with Crippen LogP contribution in [0.1, 0.15) is 0 Å². The molecule has 3 aromatic rings. The first-order chi connectivity index (χ1) is 8.58. The standard InChI is InChI=1S/C14H6Cl4/c15-7-1-3-9-11(5-7)14(18)10-4-2-8(16)6-12(10)13(9)17/h1-6H. The fraction of sp³-hybridized carbons (Fsp3) is 0. The molecule has 0 nitrogen and oxygen atoms in total. The molecule has 3 aromatic carbocycles. The fourth-order valence-corrected chi connectivity index (χ4v) is 3.06. The highest BCUT2D eigenvalue weighted by Gasteiger charge is 2.12. The molecule has 0 aliphatic carbocycles. The van der Waals surface area contributed by atoms with Crippen molar-refractivity contribution in [3.05, 3.63) is 56.5 Å². The fourth-order valence-electron chi connectivity index (χ4n) is 2.07. The van der Waals surface area contributed by atoms with Gasteiger partial charge in [0.2, 0.25) is 0 Å². The van der Waals surface area contributed by atoms with Crippen LogP contribution < -0.4 is 0 Å². The lowest BCUT2D eigenvalue weighted by Gasteiger charge is -2.09. The highest BCUT2D eigenvalue weighted by molar-refractivity contribution is 6.48. The molecular weight excluding hydrogens is 310 g/mol. The van der Waals surface area contributed by atoms with E-state index in [-0.39, 0.29) is 0 Å². The molecule has 0 aliphatic rings. The Morgan fingerprint density at radius 1 is 0.500 bits per heavy atom. The van der Waals surface area contributed by atoms with Gasteiger partial charge in [0.15, 0.2) is 0 Å². The zero-order valence-corrected chi connectivity index (χ0v) is 12.0. The summed E-state index contributed by atoms with van der Waals surface area (Å²) in [5, 5.41) is 6.00. The van der Waals surface area contributed by atoms with Gasteiger partial charge in [0.05, 0.1) is 10.0 Å². The van der Waals surface area contributed by atoms with Gasteiger partial charge in [0.1, 0.15) is 0 Å². The first-order valence-corrected chi connectivity index (χ1v) is 6.74. The molecule has 0 spiro atoms. The van der Waals surface area contributed by atoms with Crippen LogP contribution in [0.3, 0.4) is 0 Å². The number of halogens is 4. The minimum Gasteiger partial charge on any atom is -0.0843 e. The summed E-state index contributed by atoms with van der Waals surface area (Å²) in [6.45, 7) is 0. The molecule has 0 heterocycles. The van der Waals surface area contributed by atoms with Crippen molar-refractivity contribution in [1.82, 2.24) is 0 Å². The van der Waals surface area contributed by atoms with Gasteiger partial charge in [-0.1, -0.05) is 58.5 Å². The second-order valence-corrected chi connectivity index (χ2v) is 5.64. The van der Waals surface area contributed by atoms with E-state index in [9.17, 15) is 0 Å². The molecule has 0 unspecified atom stereocenters. The van der Waals surface area contributed by atoms with Gasteiger partial charge in [-0.25, -0.2) is 0 Å². The second kappa shape index (κ2) is 4.47. The normalized spacial score (nSPS) is 11.3. The summed E-state index contributed by atoms with van der Waals surface area (Å²) in [6, 6.07) is 11.0. The van der Waals surface area contributed by atoms with Gasteiger partial charge in [-0.15, -0.1) is 0 Å². The third kappa shape index (κ3) is 1.85. The third-order valence-corrected chi connectivity index (χ3v) is 4.19. The Balaban J connectivity index is 2.60. The highest BCUT2D eigenvalue weighted by Crippen LogP contribution is 2.40. The number of rotatable bonds is 0. The molecule has 0 aliphatic heterocycles. The number of benzene rings is 3. The summed E-state index contributed by atoms with van der Waals surface area (Å²) in [5.74, 6) is 0. The molecule has 18 heavy (non-hydrogen) atoms. The van der Waals surface area contributed by atoms with Crippen LogP contribution in [0.15, 0.2) is 36.4 Å². The maximum absolute atomic E-state index is 6.41. The van der Waals surface area contributed by atoms with E-state index in [4.69, 9.17) is 46.4 Å². The van der Waals surface area contributed by atoms with Gasteiger partial charge in [-0.3, -0.25) is 0 Å². The molecule has 0 aromatic heterocycles. The maximum atomic E-state index is 6.41. The Labute approximate surface area is 124 Å². The van der Waals surface area contributed by atoms with Crippen molar-refractivity contribution in [2.45, 2.75) is 0 Å². The van der Waals surface area contributed by atoms with Crippen molar-refractivity contribution < 1.29 is 0 Å². The first kappa shape index (κ1) is 12.4. The molecule has 3 rings (SSSR count). The maximum Gasteiger partial charge on any atom is 0.0564 e. The summed E-state index contributed by atoms with van der Waals surface area (Å²) < 4.78 is 0. The summed E-state index contributed by atoms with van der Waals surface area (Å²) >= 11 is 24.8. The van der Waals surface area contributed by atoms with Crippen LogP contribution in [-0.4, -0.2) is 0 Å². The van der Waals surface area contributed by atoms with E-state index >= 15 is 0 Å². The Morgan fingerprint density at radius 2 is 0.889 bits per heavy atom. The van der Waals surface area contributed by atoms with Crippen molar-refractivity contribution in [3.63, 3.8) is 0 Å². The topological polar surface area (TPSA) is 0 Å². The third-order valence-electron chi connectivity index (χ3n) is 2.91. The van der Waals surface area contributed by atoms with Crippen molar-refractivity contribution in [2.75, 3.05) is 0 Å². The summed E-state index contributed by atoms with van der Waals surface area (Å²) in [4.78, 5) is 0. The Kier molecular flexibility index (Phi) is 3.07. The molecule has 0 saturated heterocycles. The minimum atomic E-state index is 0.633. The van der Waals surface area contributed by atoms with Crippen LogP contribution >= 0.6 is 46.4 Å². The molecule has 0 atom stereocenters. The lowest BCUT2D eigenvalue weighted by molar-refractivity contribution is 1.76. The van der Waals surface area contributed by atoms with Crippen LogP contribution in [0.2, 0.25) is 20.1 Å². The molecule has 90 valence electrons. The van der Waals surface area contributed by atoms with E-state index in [0.29, 0.717) is 20.1 Å². The minimum absolute atomic E-state index is 0.633. The Morgan fingerprint density at radius 3 is 1.28 bits per heavy atom. The predicted octanol–water partition coefficient (Wildman–Crippen LogP) is 6.61. The zero-order valence-electron chi connectivity index (χ0n) is 8.98. The lowest BCUT2D eigenvalue weighted by atomic mass is 10.0. The zero-order chi connectivity index (χ0) is 12.9. The van der Waals surface area contributed by atoms with Gasteiger partial charge in [0, 0.05) is 31.6 Å². The van der Waals surface area contributed by atoms with E-state index in [0.717, 1.165) is 21.5 Å². The monoisotopic (exact) mass is 314 g/mol. The first-order valence-electron chi connectivity index (χ1n) is 5.23. The summed E-state index contributed by atoms with van der Waals surface area (Å²) in [6.07, 6.45) is 0. The largest absolute Gasteiger partial charge is 0.0843 e. The number of fused-ring (bicyclic) bond motifs is 2. The molecule has 0 saturated carbocycles. The van der Waals surface area contributed by atoms with Crippen molar-refractivity contribution >= 4 is 67.9 Å². The van der Waals surface area contributed by atoms with Crippen molar-refractivity contribution in [3.8, 4) is 0 Å². The van der Waals surface area contributed by atoms with Gasteiger partial charge in [-0.2, -0.15) is 0 Å².